The lowest BCUT2D eigenvalue weighted by atomic mass is 10.2. The Morgan fingerprint density at radius 1 is 1.16 bits per heavy atom. The standard InChI is InChI=1S/C13H8N4OS/c18-13-14-9-6-7-19-10(9)12-15-11(16-17(12)13)8-4-2-1-3-5-8/h1-7H,(H,14,18). The van der Waals surface area contributed by atoms with Crippen LogP contribution in [0.2, 0.25) is 0 Å². The molecule has 0 bridgehead atoms. The maximum absolute atomic E-state index is 11.9. The minimum Gasteiger partial charge on any atom is -0.304 e. The van der Waals surface area contributed by atoms with Crippen LogP contribution in [0.15, 0.2) is 46.6 Å². The van der Waals surface area contributed by atoms with Gasteiger partial charge in [0.05, 0.1) is 10.2 Å². The summed E-state index contributed by atoms with van der Waals surface area (Å²) in [7, 11) is 0. The van der Waals surface area contributed by atoms with E-state index in [2.05, 4.69) is 15.1 Å². The molecule has 0 saturated heterocycles. The molecular weight excluding hydrogens is 260 g/mol. The number of rotatable bonds is 1. The molecule has 0 spiro atoms. The fraction of sp³-hybridized carbons (Fsp3) is 0. The fourth-order valence-corrected chi connectivity index (χ4v) is 2.88. The molecule has 0 radical (unpaired) electrons. The summed E-state index contributed by atoms with van der Waals surface area (Å²) < 4.78 is 2.26. The first-order valence-electron chi connectivity index (χ1n) is 5.74. The van der Waals surface area contributed by atoms with Gasteiger partial charge in [-0.25, -0.2) is 9.78 Å². The van der Waals surface area contributed by atoms with Gasteiger partial charge in [-0.05, 0) is 11.4 Å². The molecule has 92 valence electrons. The van der Waals surface area contributed by atoms with E-state index in [9.17, 15) is 4.79 Å². The molecule has 0 amide bonds. The topological polar surface area (TPSA) is 63.0 Å². The van der Waals surface area contributed by atoms with Crippen molar-refractivity contribution >= 4 is 27.2 Å². The third-order valence-corrected chi connectivity index (χ3v) is 3.85. The number of thiophene rings is 1. The van der Waals surface area contributed by atoms with Crippen LogP contribution in [0.5, 0.6) is 0 Å². The van der Waals surface area contributed by atoms with Crippen LogP contribution in [0.4, 0.5) is 0 Å². The number of H-pyrrole nitrogens is 1. The Bertz CT molecular complexity index is 936. The van der Waals surface area contributed by atoms with Gasteiger partial charge in [0, 0.05) is 5.56 Å². The zero-order valence-corrected chi connectivity index (χ0v) is 10.5. The Kier molecular flexibility index (Phi) is 2.07. The van der Waals surface area contributed by atoms with Gasteiger partial charge in [-0.15, -0.1) is 16.4 Å². The van der Waals surface area contributed by atoms with Crippen molar-refractivity contribution in [3.63, 3.8) is 0 Å². The van der Waals surface area contributed by atoms with Crippen molar-refractivity contribution in [3.05, 3.63) is 52.3 Å². The van der Waals surface area contributed by atoms with Crippen LogP contribution in [-0.2, 0) is 0 Å². The van der Waals surface area contributed by atoms with Crippen molar-refractivity contribution in [1.82, 2.24) is 19.6 Å². The Balaban J connectivity index is 2.11. The third kappa shape index (κ3) is 1.50. The Hall–Kier alpha value is -2.47. The van der Waals surface area contributed by atoms with Crippen LogP contribution in [0, 0.1) is 0 Å². The van der Waals surface area contributed by atoms with E-state index in [0.29, 0.717) is 11.5 Å². The fourth-order valence-electron chi connectivity index (χ4n) is 2.06. The summed E-state index contributed by atoms with van der Waals surface area (Å²) in [4.78, 5) is 19.2. The van der Waals surface area contributed by atoms with Crippen molar-refractivity contribution in [2.75, 3.05) is 0 Å². The number of hydrogen-bond acceptors (Lipinski definition) is 4. The molecule has 6 heteroatoms. The van der Waals surface area contributed by atoms with E-state index >= 15 is 0 Å². The molecule has 1 aromatic carbocycles. The highest BCUT2D eigenvalue weighted by Gasteiger charge is 2.12. The minimum absolute atomic E-state index is 0.268. The average molecular weight is 268 g/mol. The van der Waals surface area contributed by atoms with Gasteiger partial charge < -0.3 is 4.98 Å². The molecule has 4 rings (SSSR count). The summed E-state index contributed by atoms with van der Waals surface area (Å²) in [5.74, 6) is 0.562. The molecule has 0 aliphatic rings. The summed E-state index contributed by atoms with van der Waals surface area (Å²) in [6.07, 6.45) is 0. The smallest absolute Gasteiger partial charge is 0.304 e. The van der Waals surface area contributed by atoms with E-state index < -0.39 is 0 Å². The minimum atomic E-state index is -0.268. The second-order valence-corrected chi connectivity index (χ2v) is 5.05. The number of aromatic amines is 1. The molecule has 3 aromatic heterocycles. The lowest BCUT2D eigenvalue weighted by Gasteiger charge is -1.91. The molecule has 19 heavy (non-hydrogen) atoms. The summed E-state index contributed by atoms with van der Waals surface area (Å²) in [5, 5.41) is 6.21. The molecule has 3 heterocycles. The molecule has 0 atom stereocenters. The molecule has 0 aliphatic carbocycles. The van der Waals surface area contributed by atoms with Gasteiger partial charge in [0.1, 0.15) is 0 Å². The van der Waals surface area contributed by atoms with Crippen molar-refractivity contribution in [3.8, 4) is 11.4 Å². The van der Waals surface area contributed by atoms with E-state index in [0.717, 1.165) is 15.8 Å². The van der Waals surface area contributed by atoms with Gasteiger partial charge in [0.2, 0.25) is 0 Å². The zero-order valence-electron chi connectivity index (χ0n) is 9.70. The van der Waals surface area contributed by atoms with Crippen molar-refractivity contribution in [2.45, 2.75) is 0 Å². The summed E-state index contributed by atoms with van der Waals surface area (Å²) in [6, 6.07) is 11.5. The second kappa shape index (κ2) is 3.76. The Morgan fingerprint density at radius 2 is 2.00 bits per heavy atom. The van der Waals surface area contributed by atoms with E-state index in [4.69, 9.17) is 0 Å². The maximum Gasteiger partial charge on any atom is 0.348 e. The molecule has 0 unspecified atom stereocenters. The number of nitrogens with zero attached hydrogens (tertiary/aromatic N) is 3. The lowest BCUT2D eigenvalue weighted by molar-refractivity contribution is 0.886. The zero-order chi connectivity index (χ0) is 12.8. The first-order chi connectivity index (χ1) is 9.33. The first-order valence-corrected chi connectivity index (χ1v) is 6.62. The van der Waals surface area contributed by atoms with Crippen molar-refractivity contribution in [1.29, 1.82) is 0 Å². The van der Waals surface area contributed by atoms with Crippen LogP contribution in [0.1, 0.15) is 0 Å². The average Bonchev–Trinajstić information content (AvgIpc) is 3.05. The van der Waals surface area contributed by atoms with Crippen LogP contribution in [0.25, 0.3) is 27.3 Å². The van der Waals surface area contributed by atoms with Crippen LogP contribution < -0.4 is 5.69 Å². The summed E-state index contributed by atoms with van der Waals surface area (Å²) in [5.41, 5.74) is 2.04. The van der Waals surface area contributed by atoms with E-state index in [-0.39, 0.29) is 5.69 Å². The van der Waals surface area contributed by atoms with Gasteiger partial charge in [-0.1, -0.05) is 30.3 Å². The number of hydrogen-bond donors (Lipinski definition) is 1. The van der Waals surface area contributed by atoms with E-state index in [1.807, 2.05) is 41.8 Å². The third-order valence-electron chi connectivity index (χ3n) is 2.94. The number of nitrogens with one attached hydrogen (secondary N) is 1. The number of fused-ring (bicyclic) bond motifs is 3. The van der Waals surface area contributed by atoms with Crippen LogP contribution in [0.3, 0.4) is 0 Å². The normalized spacial score (nSPS) is 11.4. The van der Waals surface area contributed by atoms with Crippen LogP contribution >= 0.6 is 11.3 Å². The molecule has 5 nitrogen and oxygen atoms in total. The summed E-state index contributed by atoms with van der Waals surface area (Å²) >= 11 is 1.54. The van der Waals surface area contributed by atoms with Gasteiger partial charge in [0.25, 0.3) is 0 Å². The number of aromatic nitrogens is 4. The lowest BCUT2D eigenvalue weighted by Crippen LogP contribution is -2.16. The van der Waals surface area contributed by atoms with Gasteiger partial charge in [-0.3, -0.25) is 0 Å². The maximum atomic E-state index is 11.9. The molecule has 4 aromatic rings. The molecular formula is C13H8N4OS. The van der Waals surface area contributed by atoms with Gasteiger partial charge >= 0.3 is 5.69 Å². The second-order valence-electron chi connectivity index (χ2n) is 4.13. The Morgan fingerprint density at radius 3 is 2.84 bits per heavy atom. The monoisotopic (exact) mass is 268 g/mol. The molecule has 1 N–H and O–H groups in total. The predicted octanol–water partition coefficient (Wildman–Crippen LogP) is 2.30. The van der Waals surface area contributed by atoms with Crippen LogP contribution in [-0.4, -0.2) is 19.6 Å². The largest absolute Gasteiger partial charge is 0.348 e. The predicted molar refractivity (Wildman–Crippen MR) is 74.4 cm³/mol. The quantitative estimate of drug-likeness (QED) is 0.576. The molecule has 0 fully saturated rings. The highest BCUT2D eigenvalue weighted by molar-refractivity contribution is 7.17. The highest BCUT2D eigenvalue weighted by Crippen LogP contribution is 2.23. The Labute approximate surface area is 111 Å². The first kappa shape index (κ1) is 10.5. The SMILES string of the molecule is O=c1[nH]c2ccsc2c2nc(-c3ccccc3)nn12. The van der Waals surface area contributed by atoms with E-state index in [1.54, 1.807) is 11.3 Å². The van der Waals surface area contributed by atoms with Crippen molar-refractivity contribution in [2.24, 2.45) is 0 Å². The molecule has 0 aliphatic heterocycles. The van der Waals surface area contributed by atoms with Gasteiger partial charge in [0.15, 0.2) is 11.5 Å². The van der Waals surface area contributed by atoms with E-state index in [1.165, 1.54) is 4.52 Å². The van der Waals surface area contributed by atoms with Crippen molar-refractivity contribution < 1.29 is 0 Å². The molecule has 0 saturated carbocycles. The number of benzene rings is 1. The van der Waals surface area contributed by atoms with Gasteiger partial charge in [-0.2, -0.15) is 4.52 Å². The highest BCUT2D eigenvalue weighted by atomic mass is 32.1. The summed E-state index contributed by atoms with van der Waals surface area (Å²) in [6.45, 7) is 0.